The third-order valence-corrected chi connectivity index (χ3v) is 6.01. The number of benzene rings is 1. The minimum absolute atomic E-state index is 0.0799. The quantitative estimate of drug-likeness (QED) is 0.805. The number of carbonyl (C=O) groups excluding carboxylic acids is 1. The standard InChI is InChI=1S/C14H16ClF3N2O3S/c1-19(2)13(21)12-4-3-7-20(12)24(22,23)9-5-6-11(15)10(8-9)14(16,17)18/h5-6,8,12H,3-4,7H2,1-2H3/t12-/m0/s1. The minimum atomic E-state index is -4.77. The molecule has 1 aliphatic heterocycles. The SMILES string of the molecule is CN(C)C(=O)[C@@H]1CCCN1S(=O)(=O)c1ccc(Cl)c(C(F)(F)F)c1. The molecule has 1 fully saturated rings. The zero-order valence-corrected chi connectivity index (χ0v) is 14.5. The monoisotopic (exact) mass is 384 g/mol. The average molecular weight is 385 g/mol. The lowest BCUT2D eigenvalue weighted by Gasteiger charge is -2.26. The fraction of sp³-hybridized carbons (Fsp3) is 0.500. The van der Waals surface area contributed by atoms with E-state index in [9.17, 15) is 26.4 Å². The first kappa shape index (κ1) is 19.0. The molecule has 0 unspecified atom stereocenters. The molecule has 1 aliphatic rings. The van der Waals surface area contributed by atoms with Gasteiger partial charge in [0.05, 0.1) is 15.5 Å². The second-order valence-corrected chi connectivity index (χ2v) is 7.94. The molecule has 0 radical (unpaired) electrons. The molecule has 2 rings (SSSR count). The van der Waals surface area contributed by atoms with Crippen molar-refractivity contribution in [2.75, 3.05) is 20.6 Å². The molecule has 0 aliphatic carbocycles. The van der Waals surface area contributed by atoms with Crippen molar-refractivity contribution in [1.82, 2.24) is 9.21 Å². The van der Waals surface area contributed by atoms with Gasteiger partial charge in [0.25, 0.3) is 0 Å². The van der Waals surface area contributed by atoms with Crippen molar-refractivity contribution in [3.05, 3.63) is 28.8 Å². The Bertz CT molecular complexity index is 750. The maximum Gasteiger partial charge on any atom is 0.417 e. The first-order chi connectivity index (χ1) is 11.0. The Balaban J connectivity index is 2.46. The summed E-state index contributed by atoms with van der Waals surface area (Å²) in [7, 11) is -1.25. The molecule has 0 N–H and O–H groups in total. The van der Waals surface area contributed by atoms with Crippen LogP contribution >= 0.6 is 11.6 Å². The molecule has 0 saturated carbocycles. The van der Waals surface area contributed by atoms with E-state index in [4.69, 9.17) is 11.6 Å². The van der Waals surface area contributed by atoms with E-state index in [-0.39, 0.29) is 6.54 Å². The van der Waals surface area contributed by atoms with Crippen LogP contribution in [-0.4, -0.2) is 50.2 Å². The van der Waals surface area contributed by atoms with E-state index in [0.717, 1.165) is 16.4 Å². The minimum Gasteiger partial charge on any atom is -0.347 e. The number of halogens is 4. The largest absolute Gasteiger partial charge is 0.417 e. The topological polar surface area (TPSA) is 57.7 Å². The van der Waals surface area contributed by atoms with E-state index in [1.807, 2.05) is 0 Å². The molecule has 24 heavy (non-hydrogen) atoms. The fourth-order valence-corrected chi connectivity index (χ4v) is 4.49. The zero-order chi connectivity index (χ0) is 18.3. The third kappa shape index (κ3) is 3.52. The molecule has 1 saturated heterocycles. The van der Waals surface area contributed by atoms with E-state index in [1.165, 1.54) is 19.0 Å². The second-order valence-electron chi connectivity index (χ2n) is 5.65. The molecule has 0 aromatic heterocycles. The van der Waals surface area contributed by atoms with Gasteiger partial charge in [-0.15, -0.1) is 0 Å². The molecule has 1 amide bonds. The summed E-state index contributed by atoms with van der Waals surface area (Å²) in [5.41, 5.74) is -1.22. The first-order valence-corrected chi connectivity index (χ1v) is 8.88. The highest BCUT2D eigenvalue weighted by molar-refractivity contribution is 7.89. The summed E-state index contributed by atoms with van der Waals surface area (Å²) in [5, 5.41) is -0.580. The van der Waals surface area contributed by atoms with Gasteiger partial charge in [-0.05, 0) is 31.0 Å². The van der Waals surface area contributed by atoms with Gasteiger partial charge in [-0.2, -0.15) is 17.5 Å². The lowest BCUT2D eigenvalue weighted by atomic mass is 10.2. The normalized spacial score (nSPS) is 19.5. The third-order valence-electron chi connectivity index (χ3n) is 3.78. The van der Waals surface area contributed by atoms with E-state index >= 15 is 0 Å². The lowest BCUT2D eigenvalue weighted by Crippen LogP contribution is -2.45. The molecule has 1 heterocycles. The Morgan fingerprint density at radius 2 is 1.96 bits per heavy atom. The molecule has 0 bridgehead atoms. The van der Waals surface area contributed by atoms with Crippen LogP contribution in [0.25, 0.3) is 0 Å². The Labute approximate surface area is 143 Å². The van der Waals surface area contributed by atoms with E-state index in [0.29, 0.717) is 18.9 Å². The van der Waals surface area contributed by atoms with Crippen molar-refractivity contribution < 1.29 is 26.4 Å². The molecular formula is C14H16ClF3N2O3S. The lowest BCUT2D eigenvalue weighted by molar-refractivity contribution is -0.137. The number of hydrogen-bond donors (Lipinski definition) is 0. The van der Waals surface area contributed by atoms with Crippen LogP contribution in [0.4, 0.5) is 13.2 Å². The summed E-state index contributed by atoms with van der Waals surface area (Å²) >= 11 is 5.52. The number of likely N-dealkylation sites (N-methyl/N-ethyl adjacent to an activating group) is 1. The number of amides is 1. The average Bonchev–Trinajstić information content (AvgIpc) is 2.95. The Morgan fingerprint density at radius 3 is 2.50 bits per heavy atom. The zero-order valence-electron chi connectivity index (χ0n) is 13.0. The number of rotatable bonds is 3. The van der Waals surface area contributed by atoms with Crippen molar-refractivity contribution in [3.63, 3.8) is 0 Å². The highest BCUT2D eigenvalue weighted by Gasteiger charge is 2.41. The van der Waals surface area contributed by atoms with E-state index < -0.39 is 43.6 Å². The summed E-state index contributed by atoms with van der Waals surface area (Å²) in [5.74, 6) is -0.402. The van der Waals surface area contributed by atoms with Crippen LogP contribution in [0.2, 0.25) is 5.02 Å². The predicted octanol–water partition coefficient (Wildman–Crippen LogP) is 2.60. The molecule has 1 aromatic carbocycles. The van der Waals surface area contributed by atoms with Crippen LogP contribution in [0.5, 0.6) is 0 Å². The molecule has 1 atom stereocenters. The van der Waals surface area contributed by atoms with Crippen molar-refractivity contribution in [2.45, 2.75) is 30.0 Å². The van der Waals surface area contributed by atoms with Gasteiger partial charge in [-0.25, -0.2) is 8.42 Å². The highest BCUT2D eigenvalue weighted by Crippen LogP contribution is 2.37. The van der Waals surface area contributed by atoms with Crippen molar-refractivity contribution >= 4 is 27.5 Å². The predicted molar refractivity (Wildman–Crippen MR) is 82.1 cm³/mol. The molecule has 0 spiro atoms. The van der Waals surface area contributed by atoms with Crippen LogP contribution in [0.1, 0.15) is 18.4 Å². The molecule has 5 nitrogen and oxygen atoms in total. The summed E-state index contributed by atoms with van der Waals surface area (Å²) in [6, 6.07) is 1.51. The highest BCUT2D eigenvalue weighted by atomic mass is 35.5. The first-order valence-electron chi connectivity index (χ1n) is 7.06. The van der Waals surface area contributed by atoms with E-state index in [1.54, 1.807) is 0 Å². The van der Waals surface area contributed by atoms with Gasteiger partial charge in [-0.1, -0.05) is 11.6 Å². The summed E-state index contributed by atoms with van der Waals surface area (Å²) < 4.78 is 65.2. The van der Waals surface area contributed by atoms with Crippen LogP contribution < -0.4 is 0 Å². The number of nitrogens with zero attached hydrogens (tertiary/aromatic N) is 2. The van der Waals surface area contributed by atoms with Crippen LogP contribution in [0.3, 0.4) is 0 Å². The number of hydrogen-bond acceptors (Lipinski definition) is 3. The number of carbonyl (C=O) groups is 1. The Morgan fingerprint density at radius 1 is 1.33 bits per heavy atom. The van der Waals surface area contributed by atoms with Crippen molar-refractivity contribution in [1.29, 1.82) is 0 Å². The summed E-state index contributed by atoms with van der Waals surface area (Å²) in [6.45, 7) is 0.0799. The molecule has 1 aromatic rings. The van der Waals surface area contributed by atoms with Gasteiger partial charge in [0.1, 0.15) is 6.04 Å². The second kappa shape index (κ2) is 6.53. The number of alkyl halides is 3. The van der Waals surface area contributed by atoms with Gasteiger partial charge in [0.15, 0.2) is 0 Å². The van der Waals surface area contributed by atoms with Gasteiger partial charge < -0.3 is 4.90 Å². The molecule has 10 heteroatoms. The van der Waals surface area contributed by atoms with Gasteiger partial charge in [0.2, 0.25) is 15.9 Å². The molecule has 134 valence electrons. The van der Waals surface area contributed by atoms with Gasteiger partial charge in [-0.3, -0.25) is 4.79 Å². The van der Waals surface area contributed by atoms with E-state index in [2.05, 4.69) is 0 Å². The number of sulfonamides is 1. The van der Waals surface area contributed by atoms with Gasteiger partial charge >= 0.3 is 6.18 Å². The molecular weight excluding hydrogens is 369 g/mol. The van der Waals surface area contributed by atoms with Crippen LogP contribution in [-0.2, 0) is 21.0 Å². The maximum absolute atomic E-state index is 13.0. The Kier molecular flexibility index (Phi) is 5.17. The summed E-state index contributed by atoms with van der Waals surface area (Å²) in [4.78, 5) is 12.9. The smallest absolute Gasteiger partial charge is 0.347 e. The van der Waals surface area contributed by atoms with Gasteiger partial charge in [0, 0.05) is 20.6 Å². The van der Waals surface area contributed by atoms with Crippen molar-refractivity contribution in [2.24, 2.45) is 0 Å². The fourth-order valence-electron chi connectivity index (χ4n) is 2.59. The van der Waals surface area contributed by atoms with Crippen LogP contribution in [0, 0.1) is 0 Å². The van der Waals surface area contributed by atoms with Crippen LogP contribution in [0.15, 0.2) is 23.1 Å². The summed E-state index contributed by atoms with van der Waals surface area (Å²) in [6.07, 6.45) is -3.98. The Hall–Kier alpha value is -1.32. The maximum atomic E-state index is 13.0. The van der Waals surface area contributed by atoms with Crippen molar-refractivity contribution in [3.8, 4) is 0 Å².